The normalized spacial score (nSPS) is 11.8. The molecule has 0 saturated carbocycles. The summed E-state index contributed by atoms with van der Waals surface area (Å²) in [4.78, 5) is 2.36. The molecule has 0 aliphatic heterocycles. The Hall–Kier alpha value is -7.40. The fourth-order valence-corrected chi connectivity index (χ4v) is 10.1. The SMILES string of the molecule is c1ccc(-c2cccc(-n3c4ccccc4c4ccccc43)c2-c2ccc(N(c3ccc4c(c3)oc3ccccc34)c3ccc4sc5ccccc5c4c3)cc2)cc1. The van der Waals surface area contributed by atoms with Crippen LogP contribution in [0.1, 0.15) is 0 Å². The summed E-state index contributed by atoms with van der Waals surface area (Å²) in [5, 5.41) is 7.28. The molecule has 9 aromatic carbocycles. The van der Waals surface area contributed by atoms with Gasteiger partial charge < -0.3 is 13.9 Å². The monoisotopic (exact) mass is 758 g/mol. The standard InChI is InChI=1S/C54H34N2OS/c1-2-13-35(14-3-1)40-19-12-22-49(56-47-20-8-4-15-41(47)42-16-5-9-21-48(42)56)54(40)36-25-27-37(28-26-36)55(38-30-32-53-46(33-38)45-18-7-11-24-52(45)58-53)39-29-31-44-43-17-6-10-23-50(43)57-51(44)34-39/h1-34H. The van der Waals surface area contributed by atoms with Crippen molar-refractivity contribution in [2.45, 2.75) is 0 Å². The quantitative estimate of drug-likeness (QED) is 0.168. The first-order valence-electron chi connectivity index (χ1n) is 19.7. The Morgan fingerprint density at radius 1 is 0.379 bits per heavy atom. The zero-order valence-corrected chi connectivity index (χ0v) is 32.2. The Labute approximate surface area is 338 Å². The molecule has 0 amide bonds. The lowest BCUT2D eigenvalue weighted by Gasteiger charge is -2.26. The molecule has 0 aliphatic rings. The smallest absolute Gasteiger partial charge is 0.137 e. The molecule has 272 valence electrons. The van der Waals surface area contributed by atoms with Crippen LogP contribution in [0.15, 0.2) is 211 Å². The molecular formula is C54H34N2OS. The lowest BCUT2D eigenvalue weighted by atomic mass is 9.92. The van der Waals surface area contributed by atoms with Gasteiger partial charge in [0.2, 0.25) is 0 Å². The number of para-hydroxylation sites is 3. The summed E-state index contributed by atoms with van der Waals surface area (Å²) in [7, 11) is 0. The van der Waals surface area contributed by atoms with Gasteiger partial charge in [-0.05, 0) is 89.5 Å². The van der Waals surface area contributed by atoms with E-state index in [9.17, 15) is 0 Å². The number of benzene rings is 9. The highest BCUT2D eigenvalue weighted by Crippen LogP contribution is 2.45. The molecule has 0 saturated heterocycles. The summed E-state index contributed by atoms with van der Waals surface area (Å²) in [6.07, 6.45) is 0. The molecule has 0 N–H and O–H groups in total. The lowest BCUT2D eigenvalue weighted by Crippen LogP contribution is -2.09. The number of anilines is 3. The van der Waals surface area contributed by atoms with Crippen molar-refractivity contribution in [3.05, 3.63) is 206 Å². The predicted octanol–water partition coefficient (Wildman–Crippen LogP) is 15.9. The van der Waals surface area contributed by atoms with Gasteiger partial charge >= 0.3 is 0 Å². The first-order valence-corrected chi connectivity index (χ1v) is 20.5. The molecule has 0 radical (unpaired) electrons. The van der Waals surface area contributed by atoms with Crippen molar-refractivity contribution in [2.75, 3.05) is 4.90 Å². The molecule has 3 nitrogen and oxygen atoms in total. The minimum Gasteiger partial charge on any atom is -0.456 e. The second kappa shape index (κ2) is 13.1. The number of hydrogen-bond donors (Lipinski definition) is 0. The summed E-state index contributed by atoms with van der Waals surface area (Å²) < 4.78 is 11.5. The van der Waals surface area contributed by atoms with E-state index in [2.05, 4.69) is 204 Å². The topological polar surface area (TPSA) is 21.3 Å². The third-order valence-corrected chi connectivity index (χ3v) is 12.8. The molecule has 58 heavy (non-hydrogen) atoms. The van der Waals surface area contributed by atoms with Crippen molar-refractivity contribution >= 4 is 92.3 Å². The van der Waals surface area contributed by atoms with Gasteiger partial charge in [-0.2, -0.15) is 0 Å². The van der Waals surface area contributed by atoms with Gasteiger partial charge in [0.1, 0.15) is 11.2 Å². The fourth-order valence-electron chi connectivity index (χ4n) is 9.00. The van der Waals surface area contributed by atoms with Gasteiger partial charge in [0.05, 0.1) is 16.7 Å². The molecule has 0 unspecified atom stereocenters. The van der Waals surface area contributed by atoms with Crippen molar-refractivity contribution in [3.8, 4) is 27.9 Å². The molecule has 0 spiro atoms. The molecule has 4 heteroatoms. The van der Waals surface area contributed by atoms with E-state index in [0.717, 1.165) is 50.3 Å². The van der Waals surface area contributed by atoms with Gasteiger partial charge in [0, 0.05) is 70.4 Å². The van der Waals surface area contributed by atoms with E-state index in [1.807, 2.05) is 23.5 Å². The summed E-state index contributed by atoms with van der Waals surface area (Å²) in [6, 6.07) is 74.5. The number of hydrogen-bond acceptors (Lipinski definition) is 3. The average Bonchev–Trinajstić information content (AvgIpc) is 3.96. The van der Waals surface area contributed by atoms with Crippen molar-refractivity contribution < 1.29 is 4.42 Å². The van der Waals surface area contributed by atoms with Crippen LogP contribution in [-0.4, -0.2) is 4.57 Å². The fraction of sp³-hybridized carbons (Fsp3) is 0. The maximum atomic E-state index is 6.44. The second-order valence-corrected chi connectivity index (χ2v) is 16.0. The number of aromatic nitrogens is 1. The number of nitrogens with zero attached hydrogens (tertiary/aromatic N) is 2. The van der Waals surface area contributed by atoms with Crippen LogP contribution in [-0.2, 0) is 0 Å². The minimum atomic E-state index is 0.870. The Morgan fingerprint density at radius 2 is 0.983 bits per heavy atom. The van der Waals surface area contributed by atoms with Crippen LogP contribution >= 0.6 is 11.3 Å². The maximum Gasteiger partial charge on any atom is 0.137 e. The van der Waals surface area contributed by atoms with E-state index in [0.29, 0.717) is 0 Å². The van der Waals surface area contributed by atoms with E-state index in [1.165, 1.54) is 58.7 Å². The largest absolute Gasteiger partial charge is 0.456 e. The zero-order chi connectivity index (χ0) is 38.2. The zero-order valence-electron chi connectivity index (χ0n) is 31.3. The number of furan rings is 1. The van der Waals surface area contributed by atoms with Gasteiger partial charge in [0.25, 0.3) is 0 Å². The molecule has 0 bridgehead atoms. The molecule has 12 aromatic rings. The predicted molar refractivity (Wildman–Crippen MR) is 247 cm³/mol. The van der Waals surface area contributed by atoms with Crippen LogP contribution in [0.3, 0.4) is 0 Å². The van der Waals surface area contributed by atoms with Crippen LogP contribution in [0.2, 0.25) is 0 Å². The third-order valence-electron chi connectivity index (χ3n) is 11.6. The Bertz CT molecular complexity index is 3460. The maximum absolute atomic E-state index is 6.44. The Morgan fingerprint density at radius 3 is 1.78 bits per heavy atom. The summed E-state index contributed by atoms with van der Waals surface area (Å²) >= 11 is 1.84. The first kappa shape index (κ1) is 32.8. The number of thiophene rings is 1. The highest BCUT2D eigenvalue weighted by molar-refractivity contribution is 7.25. The summed E-state index contributed by atoms with van der Waals surface area (Å²) in [6.45, 7) is 0. The van der Waals surface area contributed by atoms with Crippen LogP contribution in [0.5, 0.6) is 0 Å². The second-order valence-electron chi connectivity index (χ2n) is 14.9. The van der Waals surface area contributed by atoms with Crippen molar-refractivity contribution in [1.82, 2.24) is 4.57 Å². The highest BCUT2D eigenvalue weighted by atomic mass is 32.1. The van der Waals surface area contributed by atoms with Crippen LogP contribution in [0.25, 0.3) is 91.9 Å². The van der Waals surface area contributed by atoms with E-state index in [-0.39, 0.29) is 0 Å². The first-order chi connectivity index (χ1) is 28.8. The molecule has 0 fully saturated rings. The van der Waals surface area contributed by atoms with Gasteiger partial charge in [-0.25, -0.2) is 0 Å². The van der Waals surface area contributed by atoms with Gasteiger partial charge in [0.15, 0.2) is 0 Å². The molecule has 3 aromatic heterocycles. The van der Waals surface area contributed by atoms with Gasteiger partial charge in [-0.3, -0.25) is 0 Å². The van der Waals surface area contributed by atoms with Crippen LogP contribution in [0.4, 0.5) is 17.1 Å². The summed E-state index contributed by atoms with van der Waals surface area (Å²) in [5.41, 5.74) is 13.2. The summed E-state index contributed by atoms with van der Waals surface area (Å²) in [5.74, 6) is 0. The minimum absolute atomic E-state index is 0.870. The number of rotatable bonds is 6. The van der Waals surface area contributed by atoms with E-state index in [1.54, 1.807) is 0 Å². The van der Waals surface area contributed by atoms with E-state index < -0.39 is 0 Å². The Balaban J connectivity index is 1.07. The van der Waals surface area contributed by atoms with Crippen molar-refractivity contribution in [1.29, 1.82) is 0 Å². The molecule has 0 atom stereocenters. The molecule has 0 aliphatic carbocycles. The average molecular weight is 759 g/mol. The Kier molecular flexibility index (Phi) is 7.40. The van der Waals surface area contributed by atoms with Gasteiger partial charge in [-0.15, -0.1) is 11.3 Å². The van der Waals surface area contributed by atoms with E-state index in [4.69, 9.17) is 4.42 Å². The molecule has 3 heterocycles. The van der Waals surface area contributed by atoms with Crippen LogP contribution in [0, 0.1) is 0 Å². The lowest BCUT2D eigenvalue weighted by molar-refractivity contribution is 0.669. The highest BCUT2D eigenvalue weighted by Gasteiger charge is 2.21. The van der Waals surface area contributed by atoms with Crippen molar-refractivity contribution in [2.24, 2.45) is 0 Å². The molecule has 12 rings (SSSR count). The van der Waals surface area contributed by atoms with E-state index >= 15 is 0 Å². The third kappa shape index (κ3) is 5.12. The number of fused-ring (bicyclic) bond motifs is 9. The van der Waals surface area contributed by atoms with Crippen molar-refractivity contribution in [3.63, 3.8) is 0 Å². The molecular weight excluding hydrogens is 725 g/mol. The van der Waals surface area contributed by atoms with Crippen LogP contribution < -0.4 is 4.90 Å². The van der Waals surface area contributed by atoms with Gasteiger partial charge in [-0.1, -0.05) is 127 Å².